The molecule has 0 bridgehead atoms. The summed E-state index contributed by atoms with van der Waals surface area (Å²) in [7, 11) is 1.52. The zero-order valence-corrected chi connectivity index (χ0v) is 16.4. The number of hydrogen-bond donors (Lipinski definition) is 1. The monoisotopic (exact) mass is 403 g/mol. The third-order valence-electron chi connectivity index (χ3n) is 4.58. The van der Waals surface area contributed by atoms with E-state index in [1.807, 2.05) is 6.92 Å². The Bertz CT molecular complexity index is 894. The lowest BCUT2D eigenvalue weighted by Gasteiger charge is -2.27. The van der Waals surface area contributed by atoms with Crippen LogP contribution in [0.4, 0.5) is 0 Å². The molecule has 1 aliphatic rings. The van der Waals surface area contributed by atoms with Gasteiger partial charge in [0, 0.05) is 0 Å². The lowest BCUT2D eigenvalue weighted by atomic mass is 10.0. The maximum atomic E-state index is 12.9. The number of ether oxygens (including phenoxy) is 2. The number of carbonyl (C=O) groups excluding carboxylic acids is 2. The summed E-state index contributed by atoms with van der Waals surface area (Å²) in [6.45, 7) is 2.25. The fourth-order valence-corrected chi connectivity index (χ4v) is 3.74. The quantitative estimate of drug-likeness (QED) is 0.538. The molecule has 0 fully saturated rings. The molecule has 2 aromatic carbocycles. The van der Waals surface area contributed by atoms with Gasteiger partial charge in [0.05, 0.1) is 36.6 Å². The first kappa shape index (κ1) is 20.0. The highest BCUT2D eigenvalue weighted by molar-refractivity contribution is 7.79. The van der Waals surface area contributed by atoms with Crippen LogP contribution < -0.4 is 9.47 Å². The molecule has 0 saturated heterocycles. The number of hydrogen-bond acceptors (Lipinski definition) is 5. The van der Waals surface area contributed by atoms with E-state index in [4.69, 9.17) is 9.47 Å². The molecule has 148 valence electrons. The van der Waals surface area contributed by atoms with Crippen LogP contribution in [-0.4, -0.2) is 44.9 Å². The number of fused-ring (bicyclic) bond motifs is 1. The van der Waals surface area contributed by atoms with Gasteiger partial charge in [0.15, 0.2) is 22.6 Å². The predicted molar refractivity (Wildman–Crippen MR) is 104 cm³/mol. The minimum atomic E-state index is -2.05. The van der Waals surface area contributed by atoms with Crippen molar-refractivity contribution in [1.29, 1.82) is 0 Å². The van der Waals surface area contributed by atoms with Crippen molar-refractivity contribution in [3.8, 4) is 11.5 Å². The average Bonchev–Trinajstić information content (AvgIpc) is 2.94. The Labute approximate surface area is 165 Å². The van der Waals surface area contributed by atoms with Crippen LogP contribution in [0.2, 0.25) is 0 Å². The Morgan fingerprint density at radius 2 is 1.71 bits per heavy atom. The molecule has 7 nitrogen and oxygen atoms in total. The molecule has 2 unspecified atom stereocenters. The zero-order chi connectivity index (χ0) is 20.3. The molecule has 2 aromatic rings. The molecule has 1 N–H and O–H groups in total. The van der Waals surface area contributed by atoms with E-state index in [0.29, 0.717) is 34.8 Å². The minimum Gasteiger partial charge on any atom is -0.493 e. The number of nitrogens with zero attached hydrogens (tertiary/aromatic N) is 1. The van der Waals surface area contributed by atoms with Crippen molar-refractivity contribution in [3.05, 3.63) is 59.2 Å². The number of rotatable bonds is 8. The summed E-state index contributed by atoms with van der Waals surface area (Å²) in [5.41, 5.74) is 1.30. The van der Waals surface area contributed by atoms with E-state index in [0.717, 1.165) is 4.90 Å². The SMILES string of the molecule is CCOc1cc(C(CCS(=O)O)N2C(=O)c3ccccc3C2=O)ccc1OC. The van der Waals surface area contributed by atoms with Crippen LogP contribution in [0.1, 0.15) is 45.7 Å². The predicted octanol–water partition coefficient (Wildman–Crippen LogP) is 3.04. The maximum Gasteiger partial charge on any atom is 0.262 e. The molecule has 8 heteroatoms. The number of methoxy groups -OCH3 is 1. The molecule has 0 spiro atoms. The Balaban J connectivity index is 2.03. The average molecular weight is 403 g/mol. The molecular weight excluding hydrogens is 382 g/mol. The van der Waals surface area contributed by atoms with E-state index < -0.39 is 28.9 Å². The van der Waals surface area contributed by atoms with Gasteiger partial charge in [0.2, 0.25) is 0 Å². The van der Waals surface area contributed by atoms with Crippen LogP contribution in [0.5, 0.6) is 11.5 Å². The van der Waals surface area contributed by atoms with Crippen molar-refractivity contribution in [3.63, 3.8) is 0 Å². The summed E-state index contributed by atoms with van der Waals surface area (Å²) in [5.74, 6) is 0.103. The summed E-state index contributed by atoms with van der Waals surface area (Å²) in [4.78, 5) is 27.0. The first-order valence-corrected chi connectivity index (χ1v) is 10.1. The standard InChI is InChI=1S/C20H21NO6S/c1-3-27-18-12-13(8-9-17(18)26-2)16(10-11-28(24)25)21-19(22)14-6-4-5-7-15(14)20(21)23/h4-9,12,16H,3,10-11H2,1-2H3,(H,24,25). The second-order valence-corrected chi connectivity index (χ2v) is 7.25. The van der Waals surface area contributed by atoms with Crippen molar-refractivity contribution in [2.24, 2.45) is 0 Å². The third kappa shape index (κ3) is 3.79. The molecule has 0 saturated carbocycles. The van der Waals surface area contributed by atoms with Gasteiger partial charge in [-0.15, -0.1) is 0 Å². The van der Waals surface area contributed by atoms with Crippen LogP contribution in [-0.2, 0) is 11.1 Å². The van der Waals surface area contributed by atoms with Crippen molar-refractivity contribution < 1.29 is 27.8 Å². The second-order valence-electron chi connectivity index (χ2n) is 6.20. The van der Waals surface area contributed by atoms with Gasteiger partial charge in [-0.2, -0.15) is 0 Å². The molecule has 1 heterocycles. The molecule has 0 aliphatic carbocycles. The number of imide groups is 1. The summed E-state index contributed by atoms with van der Waals surface area (Å²) in [6.07, 6.45) is 0.145. The highest BCUT2D eigenvalue weighted by Gasteiger charge is 2.40. The summed E-state index contributed by atoms with van der Waals surface area (Å²) < 4.78 is 31.4. The highest BCUT2D eigenvalue weighted by Crippen LogP contribution is 2.37. The van der Waals surface area contributed by atoms with Crippen LogP contribution in [0, 0.1) is 0 Å². The Hall–Kier alpha value is -2.71. The molecular formula is C20H21NO6S. The molecule has 28 heavy (non-hydrogen) atoms. The Morgan fingerprint density at radius 3 is 2.25 bits per heavy atom. The first-order valence-electron chi connectivity index (χ1n) is 8.83. The topological polar surface area (TPSA) is 93.1 Å². The fourth-order valence-electron chi connectivity index (χ4n) is 3.32. The normalized spacial score (nSPS) is 15.3. The molecule has 2 atom stereocenters. The van der Waals surface area contributed by atoms with Crippen molar-refractivity contribution in [2.75, 3.05) is 19.5 Å². The van der Waals surface area contributed by atoms with Crippen LogP contribution >= 0.6 is 0 Å². The third-order valence-corrected chi connectivity index (χ3v) is 5.16. The van der Waals surface area contributed by atoms with Crippen molar-refractivity contribution in [1.82, 2.24) is 4.90 Å². The van der Waals surface area contributed by atoms with E-state index in [-0.39, 0.29) is 12.2 Å². The van der Waals surface area contributed by atoms with Gasteiger partial charge in [-0.1, -0.05) is 18.2 Å². The van der Waals surface area contributed by atoms with Crippen LogP contribution in [0.25, 0.3) is 0 Å². The van der Waals surface area contributed by atoms with E-state index in [1.165, 1.54) is 7.11 Å². The van der Waals surface area contributed by atoms with Gasteiger partial charge in [-0.05, 0) is 43.2 Å². The van der Waals surface area contributed by atoms with E-state index in [9.17, 15) is 18.4 Å². The van der Waals surface area contributed by atoms with Gasteiger partial charge in [0.25, 0.3) is 11.8 Å². The van der Waals surface area contributed by atoms with E-state index in [2.05, 4.69) is 0 Å². The summed E-state index contributed by atoms with van der Waals surface area (Å²) in [6, 6.07) is 11.0. The van der Waals surface area contributed by atoms with Gasteiger partial charge in [-0.25, -0.2) is 4.21 Å². The largest absolute Gasteiger partial charge is 0.493 e. The second kappa shape index (κ2) is 8.53. The molecule has 0 radical (unpaired) electrons. The smallest absolute Gasteiger partial charge is 0.262 e. The number of carbonyl (C=O) groups is 2. The van der Waals surface area contributed by atoms with E-state index in [1.54, 1.807) is 42.5 Å². The van der Waals surface area contributed by atoms with Crippen molar-refractivity contribution >= 4 is 22.9 Å². The maximum absolute atomic E-state index is 12.9. The minimum absolute atomic E-state index is 0.0753. The summed E-state index contributed by atoms with van der Waals surface area (Å²) >= 11 is -2.05. The van der Waals surface area contributed by atoms with Gasteiger partial charge >= 0.3 is 0 Å². The highest BCUT2D eigenvalue weighted by atomic mass is 32.2. The Morgan fingerprint density at radius 1 is 1.07 bits per heavy atom. The fraction of sp³-hybridized carbons (Fsp3) is 0.300. The number of amides is 2. The van der Waals surface area contributed by atoms with Gasteiger partial charge < -0.3 is 14.0 Å². The summed E-state index contributed by atoms with van der Waals surface area (Å²) in [5, 5.41) is 0. The lowest BCUT2D eigenvalue weighted by Crippen LogP contribution is -2.35. The molecule has 1 aliphatic heterocycles. The lowest BCUT2D eigenvalue weighted by molar-refractivity contribution is 0.0577. The van der Waals surface area contributed by atoms with Crippen molar-refractivity contribution in [2.45, 2.75) is 19.4 Å². The molecule has 3 rings (SSSR count). The van der Waals surface area contributed by atoms with E-state index >= 15 is 0 Å². The number of benzene rings is 2. The van der Waals surface area contributed by atoms with Gasteiger partial charge in [-0.3, -0.25) is 14.5 Å². The van der Waals surface area contributed by atoms with Crippen LogP contribution in [0.15, 0.2) is 42.5 Å². The first-order chi connectivity index (χ1) is 13.5. The Kier molecular flexibility index (Phi) is 6.11. The van der Waals surface area contributed by atoms with Crippen LogP contribution in [0.3, 0.4) is 0 Å². The van der Waals surface area contributed by atoms with Gasteiger partial charge in [0.1, 0.15) is 0 Å². The molecule has 0 aromatic heterocycles. The zero-order valence-electron chi connectivity index (χ0n) is 15.6. The molecule has 2 amide bonds.